The lowest BCUT2D eigenvalue weighted by Gasteiger charge is -2.23. The van der Waals surface area contributed by atoms with Gasteiger partial charge in [-0.3, -0.25) is 4.68 Å². The highest BCUT2D eigenvalue weighted by Crippen LogP contribution is 2.20. The van der Waals surface area contributed by atoms with Crippen molar-refractivity contribution in [1.82, 2.24) is 20.4 Å². The standard InChI is InChI=1S/C16H30N4O2/c1-10(9-17-15(21)22-16(5,6)7)18-11(2)14-12(3)19-20(8)13(14)4/h10-11,18H,9H2,1-8H3,(H,17,21). The van der Waals surface area contributed by atoms with Crippen LogP contribution < -0.4 is 10.6 Å². The van der Waals surface area contributed by atoms with Gasteiger partial charge in [-0.1, -0.05) is 0 Å². The maximum Gasteiger partial charge on any atom is 0.407 e. The van der Waals surface area contributed by atoms with Gasteiger partial charge in [0.2, 0.25) is 0 Å². The first-order chi connectivity index (χ1) is 10.0. The highest BCUT2D eigenvalue weighted by molar-refractivity contribution is 5.67. The molecule has 2 unspecified atom stereocenters. The Morgan fingerprint density at radius 2 is 1.91 bits per heavy atom. The van der Waals surface area contributed by atoms with Crippen LogP contribution in [0.1, 0.15) is 57.6 Å². The van der Waals surface area contributed by atoms with Gasteiger partial charge in [-0.2, -0.15) is 5.10 Å². The zero-order chi connectivity index (χ0) is 17.1. The van der Waals surface area contributed by atoms with Gasteiger partial charge in [0.15, 0.2) is 0 Å². The molecule has 6 heteroatoms. The smallest absolute Gasteiger partial charge is 0.407 e. The molecule has 1 aromatic heterocycles. The van der Waals surface area contributed by atoms with E-state index in [1.807, 2.05) is 46.3 Å². The topological polar surface area (TPSA) is 68.2 Å². The number of carbonyl (C=O) groups excluding carboxylic acids is 1. The maximum atomic E-state index is 11.7. The molecule has 2 atom stereocenters. The molecule has 1 heterocycles. The Bertz CT molecular complexity index is 517. The van der Waals surface area contributed by atoms with Gasteiger partial charge in [0, 0.05) is 36.9 Å². The average molecular weight is 310 g/mol. The van der Waals surface area contributed by atoms with Gasteiger partial charge in [0.1, 0.15) is 5.60 Å². The van der Waals surface area contributed by atoms with Crippen LogP contribution >= 0.6 is 0 Å². The average Bonchev–Trinajstić information content (AvgIpc) is 2.58. The lowest BCUT2D eigenvalue weighted by molar-refractivity contribution is 0.0522. The lowest BCUT2D eigenvalue weighted by atomic mass is 10.1. The summed E-state index contributed by atoms with van der Waals surface area (Å²) in [6.07, 6.45) is -0.387. The maximum absolute atomic E-state index is 11.7. The summed E-state index contributed by atoms with van der Waals surface area (Å²) in [7, 11) is 1.95. The van der Waals surface area contributed by atoms with Crippen molar-refractivity contribution in [1.29, 1.82) is 0 Å². The Morgan fingerprint density at radius 3 is 2.36 bits per heavy atom. The minimum Gasteiger partial charge on any atom is -0.444 e. The lowest BCUT2D eigenvalue weighted by Crippen LogP contribution is -2.42. The largest absolute Gasteiger partial charge is 0.444 e. The molecule has 0 spiro atoms. The van der Waals surface area contributed by atoms with Crippen molar-refractivity contribution in [2.45, 2.75) is 66.2 Å². The highest BCUT2D eigenvalue weighted by atomic mass is 16.6. The van der Waals surface area contributed by atoms with E-state index in [1.165, 1.54) is 5.56 Å². The minimum atomic E-state index is -0.474. The zero-order valence-electron chi connectivity index (χ0n) is 15.1. The van der Waals surface area contributed by atoms with Gasteiger partial charge in [-0.05, 0) is 48.5 Å². The quantitative estimate of drug-likeness (QED) is 0.877. The van der Waals surface area contributed by atoms with Crippen LogP contribution in [0.5, 0.6) is 0 Å². The first-order valence-corrected chi connectivity index (χ1v) is 7.74. The fourth-order valence-electron chi connectivity index (χ4n) is 2.54. The van der Waals surface area contributed by atoms with Crippen LogP contribution in [0.3, 0.4) is 0 Å². The zero-order valence-corrected chi connectivity index (χ0v) is 15.1. The molecule has 0 saturated carbocycles. The Morgan fingerprint density at radius 1 is 1.32 bits per heavy atom. The van der Waals surface area contributed by atoms with Crippen molar-refractivity contribution >= 4 is 6.09 Å². The second-order valence-electron chi connectivity index (χ2n) is 6.88. The number of nitrogens with zero attached hydrogens (tertiary/aromatic N) is 2. The fourth-order valence-corrected chi connectivity index (χ4v) is 2.54. The van der Waals surface area contributed by atoms with Crippen molar-refractivity contribution < 1.29 is 9.53 Å². The summed E-state index contributed by atoms with van der Waals surface area (Å²) >= 11 is 0. The number of carbonyl (C=O) groups is 1. The molecule has 6 nitrogen and oxygen atoms in total. The number of aromatic nitrogens is 2. The van der Waals surface area contributed by atoms with Crippen molar-refractivity contribution in [3.63, 3.8) is 0 Å². The molecule has 0 aliphatic rings. The minimum absolute atomic E-state index is 0.126. The van der Waals surface area contributed by atoms with E-state index in [0.717, 1.165) is 11.4 Å². The van der Waals surface area contributed by atoms with Crippen LogP contribution in [0.25, 0.3) is 0 Å². The molecule has 2 N–H and O–H groups in total. The van der Waals surface area contributed by atoms with Crippen molar-refractivity contribution in [3.05, 3.63) is 17.0 Å². The predicted octanol–water partition coefficient (Wildman–Crippen LogP) is 2.60. The van der Waals surface area contributed by atoms with Crippen LogP contribution in [0.4, 0.5) is 4.79 Å². The monoisotopic (exact) mass is 310 g/mol. The molecule has 0 aromatic carbocycles. The number of alkyl carbamates (subject to hydrolysis) is 1. The van der Waals surface area contributed by atoms with E-state index >= 15 is 0 Å². The number of hydrogen-bond donors (Lipinski definition) is 2. The molecule has 126 valence electrons. The molecule has 0 radical (unpaired) electrons. The van der Waals surface area contributed by atoms with Crippen LogP contribution in [0, 0.1) is 13.8 Å². The molecular weight excluding hydrogens is 280 g/mol. The van der Waals surface area contributed by atoms with Crippen LogP contribution in [-0.4, -0.2) is 34.1 Å². The van der Waals surface area contributed by atoms with Crippen molar-refractivity contribution in [3.8, 4) is 0 Å². The SMILES string of the molecule is Cc1nn(C)c(C)c1C(C)NC(C)CNC(=O)OC(C)(C)C. The van der Waals surface area contributed by atoms with E-state index < -0.39 is 5.60 Å². The molecule has 0 aliphatic heterocycles. The second kappa shape index (κ2) is 7.13. The second-order valence-corrected chi connectivity index (χ2v) is 6.88. The number of rotatable bonds is 5. The molecule has 0 aliphatic carbocycles. The van der Waals surface area contributed by atoms with Crippen LogP contribution in [0.2, 0.25) is 0 Å². The van der Waals surface area contributed by atoms with Gasteiger partial charge in [0.05, 0.1) is 5.69 Å². The number of ether oxygens (including phenoxy) is 1. The molecule has 0 fully saturated rings. The summed E-state index contributed by atoms with van der Waals surface area (Å²) in [4.78, 5) is 11.7. The van der Waals surface area contributed by atoms with Crippen LogP contribution in [0.15, 0.2) is 0 Å². The molecule has 22 heavy (non-hydrogen) atoms. The summed E-state index contributed by atoms with van der Waals surface area (Å²) in [5.74, 6) is 0. The number of nitrogens with one attached hydrogen (secondary N) is 2. The Hall–Kier alpha value is -1.56. The van der Waals surface area contributed by atoms with Gasteiger partial charge < -0.3 is 15.4 Å². The molecular formula is C16H30N4O2. The van der Waals surface area contributed by atoms with E-state index in [-0.39, 0.29) is 18.2 Å². The first-order valence-electron chi connectivity index (χ1n) is 7.74. The summed E-state index contributed by atoms with van der Waals surface area (Å²) in [6.45, 7) is 14.3. The van der Waals surface area contributed by atoms with E-state index in [0.29, 0.717) is 6.54 Å². The van der Waals surface area contributed by atoms with Gasteiger partial charge in [-0.15, -0.1) is 0 Å². The third kappa shape index (κ3) is 5.33. The Balaban J connectivity index is 2.51. The van der Waals surface area contributed by atoms with E-state index in [4.69, 9.17) is 4.74 Å². The first kappa shape index (κ1) is 18.5. The molecule has 0 bridgehead atoms. The summed E-state index contributed by atoms with van der Waals surface area (Å²) < 4.78 is 7.12. The third-order valence-electron chi connectivity index (χ3n) is 3.48. The number of amides is 1. The summed E-state index contributed by atoms with van der Waals surface area (Å²) in [5, 5.41) is 10.7. The van der Waals surface area contributed by atoms with Gasteiger partial charge in [-0.25, -0.2) is 4.79 Å². The van der Waals surface area contributed by atoms with E-state index in [1.54, 1.807) is 0 Å². The highest BCUT2D eigenvalue weighted by Gasteiger charge is 2.19. The molecule has 1 rings (SSSR count). The van der Waals surface area contributed by atoms with Crippen molar-refractivity contribution in [2.75, 3.05) is 6.54 Å². The Labute approximate surface area is 133 Å². The molecule has 1 amide bonds. The summed E-state index contributed by atoms with van der Waals surface area (Å²) in [6, 6.07) is 0.297. The van der Waals surface area contributed by atoms with Gasteiger partial charge in [0.25, 0.3) is 0 Å². The Kier molecular flexibility index (Phi) is 6.00. The number of hydrogen-bond acceptors (Lipinski definition) is 4. The van der Waals surface area contributed by atoms with Gasteiger partial charge >= 0.3 is 6.09 Å². The molecule has 1 aromatic rings. The number of aryl methyl sites for hydroxylation is 2. The molecule has 0 saturated heterocycles. The van der Waals surface area contributed by atoms with Crippen molar-refractivity contribution in [2.24, 2.45) is 7.05 Å². The van der Waals surface area contributed by atoms with E-state index in [9.17, 15) is 4.79 Å². The fraction of sp³-hybridized carbons (Fsp3) is 0.750. The van der Waals surface area contributed by atoms with E-state index in [2.05, 4.69) is 29.6 Å². The normalized spacial score (nSPS) is 14.5. The van der Waals surface area contributed by atoms with Crippen LogP contribution in [-0.2, 0) is 11.8 Å². The third-order valence-corrected chi connectivity index (χ3v) is 3.48. The predicted molar refractivity (Wildman–Crippen MR) is 87.9 cm³/mol. The summed E-state index contributed by atoms with van der Waals surface area (Å²) in [5.41, 5.74) is 2.93.